The van der Waals surface area contributed by atoms with Gasteiger partial charge in [0.05, 0.1) is 18.0 Å². The second kappa shape index (κ2) is 4.09. The molecule has 0 atom stereocenters. The molecule has 0 radical (unpaired) electrons. The summed E-state index contributed by atoms with van der Waals surface area (Å²) < 4.78 is 2.97. The molecule has 1 amide bonds. The van der Waals surface area contributed by atoms with Gasteiger partial charge in [0.25, 0.3) is 5.91 Å². The SMILES string of the molecule is Cn1cc(C(=O)Nc2c(C#N)cnn2C)cn1. The van der Waals surface area contributed by atoms with Crippen molar-refractivity contribution in [1.82, 2.24) is 19.6 Å². The van der Waals surface area contributed by atoms with Crippen molar-refractivity contribution in [3.8, 4) is 6.07 Å². The average Bonchev–Trinajstić information content (AvgIpc) is 2.87. The van der Waals surface area contributed by atoms with Crippen molar-refractivity contribution in [3.05, 3.63) is 29.7 Å². The maximum atomic E-state index is 11.8. The van der Waals surface area contributed by atoms with Crippen LogP contribution in [-0.4, -0.2) is 25.5 Å². The van der Waals surface area contributed by atoms with Gasteiger partial charge in [-0.05, 0) is 0 Å². The van der Waals surface area contributed by atoms with Gasteiger partial charge in [-0.2, -0.15) is 15.5 Å². The van der Waals surface area contributed by atoms with Crippen LogP contribution in [0.4, 0.5) is 5.82 Å². The molecule has 1 N–H and O–H groups in total. The summed E-state index contributed by atoms with van der Waals surface area (Å²) in [5, 5.41) is 19.3. The molecule has 0 unspecified atom stereocenters. The van der Waals surface area contributed by atoms with E-state index < -0.39 is 0 Å². The largest absolute Gasteiger partial charge is 0.306 e. The van der Waals surface area contributed by atoms with E-state index >= 15 is 0 Å². The van der Waals surface area contributed by atoms with E-state index in [-0.39, 0.29) is 5.91 Å². The van der Waals surface area contributed by atoms with E-state index in [0.717, 1.165) is 0 Å². The zero-order chi connectivity index (χ0) is 12.4. The standard InChI is InChI=1S/C10H10N6O/c1-15-6-8(5-12-15)10(17)14-9-7(3-11)4-13-16(9)2/h4-6H,1-2H3,(H,14,17). The van der Waals surface area contributed by atoms with Crippen LogP contribution in [0.2, 0.25) is 0 Å². The minimum Gasteiger partial charge on any atom is -0.306 e. The van der Waals surface area contributed by atoms with Gasteiger partial charge in [0.15, 0.2) is 0 Å². The molecule has 2 heterocycles. The number of rotatable bonds is 2. The summed E-state index contributed by atoms with van der Waals surface area (Å²) in [6.07, 6.45) is 4.45. The first-order valence-corrected chi connectivity index (χ1v) is 4.84. The smallest absolute Gasteiger partial charge is 0.260 e. The minimum absolute atomic E-state index is 0.321. The fourth-order valence-corrected chi connectivity index (χ4v) is 1.39. The topological polar surface area (TPSA) is 88.5 Å². The van der Waals surface area contributed by atoms with Gasteiger partial charge in [0.1, 0.15) is 17.5 Å². The Bertz CT molecular complexity index is 603. The number of aromatic nitrogens is 4. The van der Waals surface area contributed by atoms with Gasteiger partial charge < -0.3 is 5.32 Å². The number of aryl methyl sites for hydroxylation is 2. The Kier molecular flexibility index (Phi) is 2.62. The lowest BCUT2D eigenvalue weighted by molar-refractivity contribution is 0.102. The lowest BCUT2D eigenvalue weighted by atomic mass is 10.3. The molecule has 0 aliphatic rings. The molecule has 17 heavy (non-hydrogen) atoms. The number of carbonyl (C=O) groups is 1. The fraction of sp³-hybridized carbons (Fsp3) is 0.200. The Balaban J connectivity index is 2.24. The summed E-state index contributed by atoms with van der Waals surface area (Å²) in [6, 6.07) is 1.96. The van der Waals surface area contributed by atoms with E-state index in [1.807, 2.05) is 6.07 Å². The van der Waals surface area contributed by atoms with Crippen LogP contribution in [0.25, 0.3) is 0 Å². The van der Waals surface area contributed by atoms with Crippen LogP contribution in [-0.2, 0) is 14.1 Å². The molecular weight excluding hydrogens is 220 g/mol. The van der Waals surface area contributed by atoms with Crippen molar-refractivity contribution in [1.29, 1.82) is 5.26 Å². The molecule has 0 aliphatic carbocycles. The van der Waals surface area contributed by atoms with E-state index in [4.69, 9.17) is 5.26 Å². The zero-order valence-corrected chi connectivity index (χ0v) is 9.38. The van der Waals surface area contributed by atoms with Gasteiger partial charge in [-0.1, -0.05) is 0 Å². The quantitative estimate of drug-likeness (QED) is 0.802. The van der Waals surface area contributed by atoms with Crippen molar-refractivity contribution in [2.75, 3.05) is 5.32 Å². The Morgan fingerprint density at radius 3 is 2.76 bits per heavy atom. The lowest BCUT2D eigenvalue weighted by Gasteiger charge is -2.03. The van der Waals surface area contributed by atoms with Gasteiger partial charge in [-0.3, -0.25) is 14.2 Å². The summed E-state index contributed by atoms with van der Waals surface area (Å²) in [6.45, 7) is 0. The van der Waals surface area contributed by atoms with E-state index in [1.165, 1.54) is 21.8 Å². The minimum atomic E-state index is -0.321. The van der Waals surface area contributed by atoms with Crippen LogP contribution in [0, 0.1) is 11.3 Å². The number of hydrogen-bond donors (Lipinski definition) is 1. The van der Waals surface area contributed by atoms with Crippen LogP contribution in [0.3, 0.4) is 0 Å². The normalized spacial score (nSPS) is 9.94. The van der Waals surface area contributed by atoms with Crippen molar-refractivity contribution >= 4 is 11.7 Å². The van der Waals surface area contributed by atoms with Crippen molar-refractivity contribution in [3.63, 3.8) is 0 Å². The Morgan fingerprint density at radius 2 is 2.18 bits per heavy atom. The van der Waals surface area contributed by atoms with Crippen LogP contribution >= 0.6 is 0 Å². The molecule has 0 aliphatic heterocycles. The van der Waals surface area contributed by atoms with E-state index in [2.05, 4.69) is 15.5 Å². The average molecular weight is 230 g/mol. The maximum Gasteiger partial charge on any atom is 0.260 e. The van der Waals surface area contributed by atoms with Crippen LogP contribution in [0.1, 0.15) is 15.9 Å². The molecule has 2 aromatic rings. The molecule has 0 spiro atoms. The van der Waals surface area contributed by atoms with Gasteiger partial charge in [0.2, 0.25) is 0 Å². The van der Waals surface area contributed by atoms with Crippen molar-refractivity contribution in [2.24, 2.45) is 14.1 Å². The van der Waals surface area contributed by atoms with Crippen LogP contribution < -0.4 is 5.32 Å². The summed E-state index contributed by atoms with van der Waals surface area (Å²) in [5.41, 5.74) is 0.752. The predicted molar refractivity (Wildman–Crippen MR) is 59.1 cm³/mol. The third-order valence-corrected chi connectivity index (χ3v) is 2.26. The Morgan fingerprint density at radius 1 is 1.41 bits per heavy atom. The van der Waals surface area contributed by atoms with Crippen molar-refractivity contribution in [2.45, 2.75) is 0 Å². The van der Waals surface area contributed by atoms with E-state index in [9.17, 15) is 4.79 Å². The highest BCUT2D eigenvalue weighted by atomic mass is 16.1. The molecule has 86 valence electrons. The first-order valence-electron chi connectivity index (χ1n) is 4.84. The number of amides is 1. The second-order valence-corrected chi connectivity index (χ2v) is 3.50. The number of carbonyl (C=O) groups excluding carboxylic acids is 1. The molecule has 0 aromatic carbocycles. The molecular formula is C10H10N6O. The molecule has 2 rings (SSSR count). The Hall–Kier alpha value is -2.62. The molecule has 0 saturated heterocycles. The number of nitriles is 1. The van der Waals surface area contributed by atoms with Crippen LogP contribution in [0.5, 0.6) is 0 Å². The molecule has 0 fully saturated rings. The highest BCUT2D eigenvalue weighted by molar-refractivity contribution is 6.04. The van der Waals surface area contributed by atoms with E-state index in [1.54, 1.807) is 20.3 Å². The first kappa shape index (κ1) is 10.9. The van der Waals surface area contributed by atoms with Gasteiger partial charge in [0, 0.05) is 20.3 Å². The second-order valence-electron chi connectivity index (χ2n) is 3.50. The van der Waals surface area contributed by atoms with Gasteiger partial charge in [-0.25, -0.2) is 0 Å². The molecule has 0 bridgehead atoms. The first-order chi connectivity index (χ1) is 8.11. The highest BCUT2D eigenvalue weighted by Crippen LogP contribution is 2.13. The summed E-state index contributed by atoms with van der Waals surface area (Å²) in [7, 11) is 3.38. The van der Waals surface area contributed by atoms with Crippen molar-refractivity contribution < 1.29 is 4.79 Å². The van der Waals surface area contributed by atoms with Gasteiger partial charge >= 0.3 is 0 Å². The molecule has 2 aromatic heterocycles. The third-order valence-electron chi connectivity index (χ3n) is 2.26. The lowest BCUT2D eigenvalue weighted by Crippen LogP contribution is -2.14. The highest BCUT2D eigenvalue weighted by Gasteiger charge is 2.13. The summed E-state index contributed by atoms with van der Waals surface area (Å²) in [4.78, 5) is 11.8. The summed E-state index contributed by atoms with van der Waals surface area (Å²) in [5.74, 6) is 0.0551. The van der Waals surface area contributed by atoms with Gasteiger partial charge in [-0.15, -0.1) is 0 Å². The predicted octanol–water partition coefficient (Wildman–Crippen LogP) is 0.278. The van der Waals surface area contributed by atoms with Crippen LogP contribution in [0.15, 0.2) is 18.6 Å². The molecule has 7 nitrogen and oxygen atoms in total. The number of anilines is 1. The Labute approximate surface area is 97.3 Å². The molecule has 7 heteroatoms. The maximum absolute atomic E-state index is 11.8. The molecule has 0 saturated carbocycles. The monoisotopic (exact) mass is 230 g/mol. The zero-order valence-electron chi connectivity index (χ0n) is 9.38. The fourth-order valence-electron chi connectivity index (χ4n) is 1.39. The third kappa shape index (κ3) is 2.01. The summed E-state index contributed by atoms with van der Waals surface area (Å²) >= 11 is 0. The number of nitrogens with zero attached hydrogens (tertiary/aromatic N) is 5. The number of hydrogen-bond acceptors (Lipinski definition) is 4. The van der Waals surface area contributed by atoms with E-state index in [0.29, 0.717) is 16.9 Å². The number of nitrogens with one attached hydrogen (secondary N) is 1.